The molecule has 1 aliphatic heterocycles. The Balaban J connectivity index is 1.60. The van der Waals surface area contributed by atoms with E-state index in [0.717, 1.165) is 30.9 Å². The van der Waals surface area contributed by atoms with Gasteiger partial charge in [-0.2, -0.15) is 0 Å². The van der Waals surface area contributed by atoms with Gasteiger partial charge in [-0.25, -0.2) is 0 Å². The fraction of sp³-hybridized carbons (Fsp3) is 0.458. The second-order valence-corrected chi connectivity index (χ2v) is 7.80. The summed E-state index contributed by atoms with van der Waals surface area (Å²) >= 11 is 0. The van der Waals surface area contributed by atoms with Crippen molar-refractivity contribution in [3.8, 4) is 5.75 Å². The van der Waals surface area contributed by atoms with Crippen LogP contribution in [0.15, 0.2) is 48.5 Å². The van der Waals surface area contributed by atoms with Gasteiger partial charge in [-0.3, -0.25) is 9.69 Å². The zero-order valence-electron chi connectivity index (χ0n) is 17.9. The normalized spacial score (nSPS) is 15.2. The zero-order chi connectivity index (χ0) is 20.6. The van der Waals surface area contributed by atoms with Crippen LogP contribution >= 0.6 is 0 Å². The van der Waals surface area contributed by atoms with Crippen LogP contribution in [0.3, 0.4) is 0 Å². The fourth-order valence-corrected chi connectivity index (χ4v) is 3.87. The van der Waals surface area contributed by atoms with Gasteiger partial charge in [0.25, 0.3) is 0 Å². The molecule has 29 heavy (non-hydrogen) atoms. The van der Waals surface area contributed by atoms with Crippen molar-refractivity contribution in [3.63, 3.8) is 0 Å². The summed E-state index contributed by atoms with van der Waals surface area (Å²) in [6, 6.07) is 16.1. The summed E-state index contributed by atoms with van der Waals surface area (Å²) in [7, 11) is 3.66. The first-order valence-corrected chi connectivity index (χ1v) is 10.5. The molecule has 1 N–H and O–H groups in total. The lowest BCUT2D eigenvalue weighted by Gasteiger charge is -2.32. The van der Waals surface area contributed by atoms with Crippen LogP contribution in [0.1, 0.15) is 37.3 Å². The molecule has 1 amide bonds. The van der Waals surface area contributed by atoms with E-state index in [1.165, 1.54) is 30.5 Å². The number of carbonyl (C=O) groups is 1. The number of rotatable bonds is 8. The molecule has 156 valence electrons. The Morgan fingerprint density at radius 3 is 2.45 bits per heavy atom. The molecule has 2 aromatic rings. The molecule has 5 heteroatoms. The summed E-state index contributed by atoms with van der Waals surface area (Å²) < 4.78 is 5.37. The number of hydrogen-bond donors (Lipinski definition) is 1. The van der Waals surface area contributed by atoms with Gasteiger partial charge in [-0.15, -0.1) is 0 Å². The van der Waals surface area contributed by atoms with E-state index in [1.807, 2.05) is 38.2 Å². The molecule has 1 unspecified atom stereocenters. The first kappa shape index (κ1) is 21.2. The van der Waals surface area contributed by atoms with Crippen LogP contribution < -0.4 is 15.0 Å². The molecule has 3 rings (SSSR count). The van der Waals surface area contributed by atoms with Gasteiger partial charge in [-0.05, 0) is 50.9 Å². The number of carbonyl (C=O) groups excluding carboxylic acids is 1. The summed E-state index contributed by atoms with van der Waals surface area (Å²) in [4.78, 5) is 17.3. The highest BCUT2D eigenvalue weighted by atomic mass is 16.5. The first-order chi connectivity index (χ1) is 14.1. The van der Waals surface area contributed by atoms with E-state index >= 15 is 0 Å². The maximum Gasteiger partial charge on any atom is 0.237 e. The number of nitrogens with zero attached hydrogens (tertiary/aromatic N) is 2. The topological polar surface area (TPSA) is 44.8 Å². The second kappa shape index (κ2) is 10.3. The highest BCUT2D eigenvalue weighted by Gasteiger charge is 2.21. The molecule has 1 saturated heterocycles. The van der Waals surface area contributed by atoms with E-state index in [1.54, 1.807) is 7.11 Å². The van der Waals surface area contributed by atoms with E-state index in [-0.39, 0.29) is 11.9 Å². The van der Waals surface area contributed by atoms with Crippen LogP contribution in [0, 0.1) is 0 Å². The van der Waals surface area contributed by atoms with Crippen molar-refractivity contribution >= 4 is 11.6 Å². The predicted molar refractivity (Wildman–Crippen MR) is 118 cm³/mol. The predicted octanol–water partition coefficient (Wildman–Crippen LogP) is 3.82. The molecule has 0 bridgehead atoms. The number of benzene rings is 2. The number of ether oxygens (including phenoxy) is 1. The third kappa shape index (κ3) is 5.51. The smallest absolute Gasteiger partial charge is 0.237 e. The minimum absolute atomic E-state index is 0.0221. The van der Waals surface area contributed by atoms with Crippen molar-refractivity contribution in [2.45, 2.75) is 45.3 Å². The minimum atomic E-state index is -0.223. The molecule has 0 aromatic heterocycles. The number of likely N-dealkylation sites (N-methyl/N-ethyl adjacent to an activating group) is 1. The molecule has 0 saturated carbocycles. The third-order valence-corrected chi connectivity index (χ3v) is 5.79. The molecule has 1 heterocycles. The van der Waals surface area contributed by atoms with E-state index in [9.17, 15) is 4.79 Å². The van der Waals surface area contributed by atoms with Gasteiger partial charge >= 0.3 is 0 Å². The number of hydrogen-bond acceptors (Lipinski definition) is 4. The maximum atomic E-state index is 12.7. The third-order valence-electron chi connectivity index (χ3n) is 5.79. The molecule has 0 aliphatic carbocycles. The number of anilines is 1. The van der Waals surface area contributed by atoms with Crippen LogP contribution in [0.5, 0.6) is 5.75 Å². The first-order valence-electron chi connectivity index (χ1n) is 10.5. The van der Waals surface area contributed by atoms with E-state index in [4.69, 9.17) is 4.74 Å². The van der Waals surface area contributed by atoms with Crippen LogP contribution in [-0.4, -0.2) is 44.1 Å². The Morgan fingerprint density at radius 2 is 1.72 bits per heavy atom. The zero-order valence-corrected chi connectivity index (χ0v) is 17.9. The van der Waals surface area contributed by atoms with Crippen LogP contribution in [0.2, 0.25) is 0 Å². The number of piperidine rings is 1. The molecular weight excluding hydrogens is 362 g/mol. The molecule has 1 aliphatic rings. The van der Waals surface area contributed by atoms with Crippen LogP contribution in [0.25, 0.3) is 0 Å². The second-order valence-electron chi connectivity index (χ2n) is 7.80. The van der Waals surface area contributed by atoms with Crippen molar-refractivity contribution in [1.82, 2.24) is 10.2 Å². The number of amides is 1. The Labute approximate surface area is 174 Å². The molecule has 0 spiro atoms. The lowest BCUT2D eigenvalue weighted by atomic mass is 10.1. The summed E-state index contributed by atoms with van der Waals surface area (Å²) in [6.45, 7) is 5.41. The van der Waals surface area contributed by atoms with E-state index < -0.39 is 0 Å². The molecular formula is C24H33N3O2. The van der Waals surface area contributed by atoms with E-state index in [2.05, 4.69) is 39.4 Å². The summed E-state index contributed by atoms with van der Waals surface area (Å²) in [5.41, 5.74) is 3.57. The van der Waals surface area contributed by atoms with Crippen LogP contribution in [-0.2, 0) is 17.9 Å². The SMILES string of the molecule is COc1ccccc1CNC(=O)C(C)N(C)Cc1ccccc1N1CCCCC1. The summed E-state index contributed by atoms with van der Waals surface area (Å²) in [5.74, 6) is 0.818. The van der Waals surface area contributed by atoms with Crippen molar-refractivity contribution in [2.75, 3.05) is 32.1 Å². The summed E-state index contributed by atoms with van der Waals surface area (Å²) in [6.07, 6.45) is 3.83. The molecule has 1 atom stereocenters. The van der Waals surface area contributed by atoms with Gasteiger partial charge in [0.15, 0.2) is 0 Å². The minimum Gasteiger partial charge on any atom is -0.496 e. The van der Waals surface area contributed by atoms with Crippen molar-refractivity contribution in [2.24, 2.45) is 0 Å². The largest absolute Gasteiger partial charge is 0.496 e. The van der Waals surface area contributed by atoms with Crippen molar-refractivity contribution in [1.29, 1.82) is 0 Å². The van der Waals surface area contributed by atoms with Crippen molar-refractivity contribution in [3.05, 3.63) is 59.7 Å². The van der Waals surface area contributed by atoms with Gasteiger partial charge in [-0.1, -0.05) is 36.4 Å². The number of nitrogens with one attached hydrogen (secondary N) is 1. The fourth-order valence-electron chi connectivity index (χ4n) is 3.87. The quantitative estimate of drug-likeness (QED) is 0.738. The average Bonchev–Trinajstić information content (AvgIpc) is 2.78. The molecule has 2 aromatic carbocycles. The maximum absolute atomic E-state index is 12.7. The lowest BCUT2D eigenvalue weighted by molar-refractivity contribution is -0.125. The Kier molecular flexibility index (Phi) is 7.53. The van der Waals surface area contributed by atoms with E-state index in [0.29, 0.717) is 6.54 Å². The van der Waals surface area contributed by atoms with Crippen molar-refractivity contribution < 1.29 is 9.53 Å². The van der Waals surface area contributed by atoms with Crippen LogP contribution in [0.4, 0.5) is 5.69 Å². The monoisotopic (exact) mass is 395 g/mol. The van der Waals surface area contributed by atoms with Gasteiger partial charge in [0.1, 0.15) is 5.75 Å². The standard InChI is InChI=1S/C24H33N3O2/c1-19(24(28)25-17-20-11-6-8-14-23(20)29-3)26(2)18-21-12-5-7-13-22(21)27-15-9-4-10-16-27/h5-8,11-14,19H,4,9-10,15-18H2,1-3H3,(H,25,28). The number of para-hydroxylation sites is 2. The highest BCUT2D eigenvalue weighted by molar-refractivity contribution is 5.81. The Morgan fingerprint density at radius 1 is 1.07 bits per heavy atom. The highest BCUT2D eigenvalue weighted by Crippen LogP contribution is 2.25. The molecule has 5 nitrogen and oxygen atoms in total. The van der Waals surface area contributed by atoms with Gasteiger partial charge in [0.05, 0.1) is 13.2 Å². The lowest BCUT2D eigenvalue weighted by Crippen LogP contribution is -2.43. The molecule has 1 fully saturated rings. The summed E-state index contributed by atoms with van der Waals surface area (Å²) in [5, 5.41) is 3.05. The van der Waals surface area contributed by atoms with Gasteiger partial charge in [0.2, 0.25) is 5.91 Å². The molecule has 0 radical (unpaired) electrons. The van der Waals surface area contributed by atoms with Gasteiger partial charge in [0, 0.05) is 37.4 Å². The van der Waals surface area contributed by atoms with Gasteiger partial charge < -0.3 is 15.0 Å². The Bertz CT molecular complexity index is 802. The average molecular weight is 396 g/mol. The Hall–Kier alpha value is -2.53. The number of methoxy groups -OCH3 is 1.